The molecule has 138 valence electrons. The molecule has 0 aliphatic heterocycles. The molecule has 0 saturated carbocycles. The summed E-state index contributed by atoms with van der Waals surface area (Å²) in [5, 5.41) is 0. The summed E-state index contributed by atoms with van der Waals surface area (Å²) in [5.74, 6) is 0. The van der Waals surface area contributed by atoms with Gasteiger partial charge in [0.25, 0.3) is 0 Å². The standard InChI is InChI=1S/C24H24Cl2.Hf/c1-15-5-7-17(3)21-19(15)9-11-23(21,25)13-14-24(26)12-10-20-16(2)6-8-18(4)22(20)24;/h5-12H,13-14H2,1-4H3;. The quantitative estimate of drug-likeness (QED) is 0.272. The van der Waals surface area contributed by atoms with E-state index < -0.39 is 9.75 Å². The Morgan fingerprint density at radius 1 is 0.630 bits per heavy atom. The fourth-order valence-electron chi connectivity index (χ4n) is 4.58. The number of aryl methyl sites for hydroxylation is 4. The molecule has 0 spiro atoms. The molecule has 0 saturated heterocycles. The molecular formula is C24H24Cl2Hf. The Hall–Kier alpha value is -0.630. The van der Waals surface area contributed by atoms with E-state index in [-0.39, 0.29) is 25.8 Å². The van der Waals surface area contributed by atoms with Crippen molar-refractivity contribution < 1.29 is 25.8 Å². The average molecular weight is 562 g/mol. The summed E-state index contributed by atoms with van der Waals surface area (Å²) in [5.41, 5.74) is 10.1. The van der Waals surface area contributed by atoms with Gasteiger partial charge in [-0.15, -0.1) is 23.2 Å². The molecule has 2 aromatic rings. The van der Waals surface area contributed by atoms with Gasteiger partial charge in [-0.2, -0.15) is 0 Å². The summed E-state index contributed by atoms with van der Waals surface area (Å²) in [6, 6.07) is 8.69. The minimum absolute atomic E-state index is 0. The van der Waals surface area contributed by atoms with Gasteiger partial charge in [-0.25, -0.2) is 0 Å². The van der Waals surface area contributed by atoms with Crippen LogP contribution in [0.5, 0.6) is 0 Å². The second-order valence-corrected chi connectivity index (χ2v) is 9.22. The SMILES string of the molecule is Cc1ccc(C)c2c1C=CC2(Cl)CCC1(Cl)C=Cc2c(C)ccc(C)c21.[Hf]. The number of alkyl halides is 2. The maximum Gasteiger partial charge on any atom is 0.0887 e. The van der Waals surface area contributed by atoms with Crippen molar-refractivity contribution in [3.63, 3.8) is 0 Å². The molecule has 0 fully saturated rings. The molecule has 2 aromatic carbocycles. The topological polar surface area (TPSA) is 0 Å². The van der Waals surface area contributed by atoms with Crippen LogP contribution in [-0.2, 0) is 35.6 Å². The molecule has 0 radical (unpaired) electrons. The first-order chi connectivity index (χ1) is 12.3. The number of rotatable bonds is 3. The normalized spacial score (nSPS) is 24.7. The van der Waals surface area contributed by atoms with E-state index in [9.17, 15) is 0 Å². The second-order valence-electron chi connectivity index (χ2n) is 7.87. The molecule has 3 heteroatoms. The molecule has 0 bridgehead atoms. The summed E-state index contributed by atoms with van der Waals surface area (Å²) in [4.78, 5) is -0.941. The van der Waals surface area contributed by atoms with Gasteiger partial charge in [0.15, 0.2) is 0 Å². The van der Waals surface area contributed by atoms with Crippen molar-refractivity contribution in [3.8, 4) is 0 Å². The first kappa shape index (κ1) is 21.1. The van der Waals surface area contributed by atoms with Crippen molar-refractivity contribution in [2.75, 3.05) is 0 Å². The summed E-state index contributed by atoms with van der Waals surface area (Å²) in [6.07, 6.45) is 10.3. The monoisotopic (exact) mass is 562 g/mol. The Balaban J connectivity index is 0.00000210. The molecule has 0 aromatic heterocycles. The number of hydrogen-bond donors (Lipinski definition) is 0. The van der Waals surface area contributed by atoms with Gasteiger partial charge in [0.05, 0.1) is 9.75 Å². The molecule has 2 aliphatic carbocycles. The summed E-state index contributed by atoms with van der Waals surface area (Å²) in [6.45, 7) is 8.60. The molecule has 4 rings (SSSR count). The molecule has 2 atom stereocenters. The molecule has 2 unspecified atom stereocenters. The molecule has 27 heavy (non-hydrogen) atoms. The van der Waals surface area contributed by atoms with Gasteiger partial charge >= 0.3 is 0 Å². The van der Waals surface area contributed by atoms with Gasteiger partial charge in [0, 0.05) is 25.8 Å². The van der Waals surface area contributed by atoms with Crippen LogP contribution in [0.2, 0.25) is 0 Å². The van der Waals surface area contributed by atoms with Gasteiger partial charge in [-0.1, -0.05) is 48.6 Å². The maximum absolute atomic E-state index is 7.15. The van der Waals surface area contributed by atoms with E-state index in [0.717, 1.165) is 12.8 Å². The summed E-state index contributed by atoms with van der Waals surface area (Å²) < 4.78 is 0. The average Bonchev–Trinajstić information content (AvgIpc) is 3.14. The molecule has 0 nitrogen and oxygen atoms in total. The molecular weight excluding hydrogens is 538 g/mol. The number of allylic oxidation sites excluding steroid dienone is 2. The molecule has 0 amide bonds. The van der Waals surface area contributed by atoms with Gasteiger partial charge in [-0.05, 0) is 85.0 Å². The van der Waals surface area contributed by atoms with Crippen molar-refractivity contribution >= 4 is 35.4 Å². The second kappa shape index (κ2) is 7.32. The third kappa shape index (κ3) is 3.34. The van der Waals surface area contributed by atoms with E-state index in [1.54, 1.807) is 0 Å². The van der Waals surface area contributed by atoms with Crippen molar-refractivity contribution in [3.05, 3.63) is 80.9 Å². The number of benzene rings is 2. The number of hydrogen-bond acceptors (Lipinski definition) is 0. The number of fused-ring (bicyclic) bond motifs is 2. The summed E-state index contributed by atoms with van der Waals surface area (Å²) >= 11 is 14.3. The van der Waals surface area contributed by atoms with Crippen LogP contribution in [0.4, 0.5) is 0 Å². The minimum Gasteiger partial charge on any atom is -0.109 e. The Labute approximate surface area is 191 Å². The summed E-state index contributed by atoms with van der Waals surface area (Å²) in [7, 11) is 0. The molecule has 2 aliphatic rings. The van der Waals surface area contributed by atoms with Crippen molar-refractivity contribution in [2.24, 2.45) is 0 Å². The number of halogens is 2. The van der Waals surface area contributed by atoms with E-state index in [4.69, 9.17) is 23.2 Å². The Morgan fingerprint density at radius 3 is 1.33 bits per heavy atom. The Bertz CT molecular complexity index is 893. The minimum atomic E-state index is -0.471. The fraction of sp³-hybridized carbons (Fsp3) is 0.333. The largest absolute Gasteiger partial charge is 0.109 e. The van der Waals surface area contributed by atoms with Gasteiger partial charge in [0.2, 0.25) is 0 Å². The van der Waals surface area contributed by atoms with Crippen LogP contribution in [0.15, 0.2) is 36.4 Å². The predicted octanol–water partition coefficient (Wildman–Crippen LogP) is 7.32. The van der Waals surface area contributed by atoms with E-state index in [0.29, 0.717) is 0 Å². The van der Waals surface area contributed by atoms with Crippen LogP contribution >= 0.6 is 23.2 Å². The third-order valence-corrected chi connectivity index (χ3v) is 7.06. The van der Waals surface area contributed by atoms with Crippen molar-refractivity contribution in [2.45, 2.75) is 50.3 Å². The molecule has 0 heterocycles. The zero-order valence-corrected chi connectivity index (χ0v) is 21.4. The first-order valence-corrected chi connectivity index (χ1v) is 9.98. The van der Waals surface area contributed by atoms with Crippen LogP contribution in [0.25, 0.3) is 12.2 Å². The van der Waals surface area contributed by atoms with Crippen molar-refractivity contribution in [1.82, 2.24) is 0 Å². The van der Waals surface area contributed by atoms with Crippen LogP contribution in [0.3, 0.4) is 0 Å². The smallest absolute Gasteiger partial charge is 0.0887 e. The zero-order chi connectivity index (χ0) is 18.7. The van der Waals surface area contributed by atoms with E-state index in [1.807, 2.05) is 0 Å². The van der Waals surface area contributed by atoms with Crippen LogP contribution in [0, 0.1) is 27.7 Å². The van der Waals surface area contributed by atoms with Gasteiger partial charge in [-0.3, -0.25) is 0 Å². The third-order valence-electron chi connectivity index (χ3n) is 6.06. The molecule has 0 N–H and O–H groups in total. The Kier molecular flexibility index (Phi) is 5.72. The zero-order valence-electron chi connectivity index (χ0n) is 16.3. The predicted molar refractivity (Wildman–Crippen MR) is 114 cm³/mol. The Morgan fingerprint density at radius 2 is 0.963 bits per heavy atom. The van der Waals surface area contributed by atoms with Crippen molar-refractivity contribution in [1.29, 1.82) is 0 Å². The van der Waals surface area contributed by atoms with Gasteiger partial charge < -0.3 is 0 Å². The fourth-order valence-corrected chi connectivity index (χ4v) is 5.39. The van der Waals surface area contributed by atoms with E-state index >= 15 is 0 Å². The van der Waals surface area contributed by atoms with Crippen LogP contribution in [0.1, 0.15) is 57.3 Å². The van der Waals surface area contributed by atoms with Gasteiger partial charge in [0.1, 0.15) is 0 Å². The van der Waals surface area contributed by atoms with Crippen LogP contribution in [-0.4, -0.2) is 0 Å². The van der Waals surface area contributed by atoms with E-state index in [1.165, 1.54) is 44.5 Å². The van der Waals surface area contributed by atoms with E-state index in [2.05, 4.69) is 76.3 Å². The van der Waals surface area contributed by atoms with Crippen LogP contribution < -0.4 is 0 Å². The maximum atomic E-state index is 7.15. The first-order valence-electron chi connectivity index (χ1n) is 9.23.